The number of hydrogen-bond acceptors (Lipinski definition) is 5. The molecule has 0 unspecified atom stereocenters. The fourth-order valence-electron chi connectivity index (χ4n) is 4.84. The number of piperidine rings is 1. The Bertz CT molecular complexity index is 615. The molecule has 1 saturated carbocycles. The number of anilines is 2. The maximum atomic E-state index is 12.7. The predicted octanol–water partition coefficient (Wildman–Crippen LogP) is 3.13. The van der Waals surface area contributed by atoms with Gasteiger partial charge in [-0.25, -0.2) is 9.97 Å². The molecule has 0 atom stereocenters. The number of nitrogens with zero attached hydrogens (tertiary/aromatic N) is 4. The van der Waals surface area contributed by atoms with Crippen molar-refractivity contribution in [2.75, 3.05) is 36.0 Å². The Morgan fingerprint density at radius 3 is 2.30 bits per heavy atom. The van der Waals surface area contributed by atoms with Gasteiger partial charge < -0.3 is 15.1 Å². The molecule has 148 valence electrons. The van der Waals surface area contributed by atoms with Gasteiger partial charge in [0.1, 0.15) is 6.33 Å². The first kappa shape index (κ1) is 18.5. The van der Waals surface area contributed by atoms with E-state index in [4.69, 9.17) is 0 Å². The molecule has 1 aromatic rings. The summed E-state index contributed by atoms with van der Waals surface area (Å²) in [6, 6.07) is 0.405. The number of amides is 1. The summed E-state index contributed by atoms with van der Waals surface area (Å²) in [5, 5.41) is 3.35. The first-order valence-corrected chi connectivity index (χ1v) is 10.9. The maximum Gasteiger partial charge on any atom is 0.223 e. The third-order valence-electron chi connectivity index (χ3n) is 6.49. The highest BCUT2D eigenvalue weighted by Crippen LogP contribution is 2.32. The SMILES string of the molecule is O=C(NC1CCCCCC1)C1CCN(c2cncnc2N2CCCC2)CC1. The van der Waals surface area contributed by atoms with Crippen LogP contribution in [0.4, 0.5) is 11.5 Å². The van der Waals surface area contributed by atoms with Crippen LogP contribution in [0.25, 0.3) is 0 Å². The molecule has 3 fully saturated rings. The van der Waals surface area contributed by atoms with Gasteiger partial charge in [-0.05, 0) is 38.5 Å². The van der Waals surface area contributed by atoms with E-state index in [0.29, 0.717) is 6.04 Å². The molecule has 1 N–H and O–H groups in total. The Kier molecular flexibility index (Phi) is 6.10. The lowest BCUT2D eigenvalue weighted by atomic mass is 9.94. The van der Waals surface area contributed by atoms with Gasteiger partial charge in [0, 0.05) is 38.1 Å². The van der Waals surface area contributed by atoms with E-state index in [2.05, 4.69) is 25.1 Å². The Morgan fingerprint density at radius 1 is 0.889 bits per heavy atom. The monoisotopic (exact) mass is 371 g/mol. The third kappa shape index (κ3) is 4.53. The van der Waals surface area contributed by atoms with Crippen LogP contribution in [0, 0.1) is 5.92 Å². The molecule has 1 aliphatic carbocycles. The minimum absolute atomic E-state index is 0.157. The second kappa shape index (κ2) is 8.89. The molecule has 4 rings (SSSR count). The normalized spacial score (nSPS) is 22.7. The summed E-state index contributed by atoms with van der Waals surface area (Å²) in [5.41, 5.74) is 1.14. The van der Waals surface area contributed by atoms with Crippen molar-refractivity contribution in [3.63, 3.8) is 0 Å². The van der Waals surface area contributed by atoms with Crippen LogP contribution in [-0.2, 0) is 4.79 Å². The van der Waals surface area contributed by atoms with Crippen LogP contribution in [-0.4, -0.2) is 48.1 Å². The van der Waals surface area contributed by atoms with E-state index in [1.54, 1.807) is 6.33 Å². The van der Waals surface area contributed by atoms with E-state index in [0.717, 1.165) is 63.4 Å². The summed E-state index contributed by atoms with van der Waals surface area (Å²) in [5.74, 6) is 1.51. The smallest absolute Gasteiger partial charge is 0.223 e. The highest BCUT2D eigenvalue weighted by Gasteiger charge is 2.29. The molecule has 0 aromatic carbocycles. The molecule has 27 heavy (non-hydrogen) atoms. The van der Waals surface area contributed by atoms with Crippen LogP contribution < -0.4 is 15.1 Å². The van der Waals surface area contributed by atoms with E-state index >= 15 is 0 Å². The van der Waals surface area contributed by atoms with Crippen molar-refractivity contribution in [2.45, 2.75) is 70.3 Å². The van der Waals surface area contributed by atoms with Crippen LogP contribution in [0.15, 0.2) is 12.5 Å². The van der Waals surface area contributed by atoms with Crippen molar-refractivity contribution in [3.8, 4) is 0 Å². The number of carbonyl (C=O) groups is 1. The second-order valence-electron chi connectivity index (χ2n) is 8.38. The van der Waals surface area contributed by atoms with Gasteiger partial charge in [-0.3, -0.25) is 4.79 Å². The molecular weight excluding hydrogens is 338 g/mol. The standard InChI is InChI=1S/C21H33N5O/c27-21(24-18-7-3-1-2-4-8-18)17-9-13-25(14-10-17)19-15-22-16-23-20(19)26-11-5-6-12-26/h15-18H,1-14H2,(H,24,27). The molecule has 0 bridgehead atoms. The number of nitrogens with one attached hydrogen (secondary N) is 1. The molecule has 2 saturated heterocycles. The van der Waals surface area contributed by atoms with E-state index in [-0.39, 0.29) is 11.8 Å². The number of rotatable bonds is 4. The largest absolute Gasteiger partial charge is 0.367 e. The Balaban J connectivity index is 1.33. The zero-order valence-corrected chi connectivity index (χ0v) is 16.4. The zero-order valence-electron chi connectivity index (χ0n) is 16.4. The maximum absolute atomic E-state index is 12.7. The van der Waals surface area contributed by atoms with E-state index in [1.807, 2.05) is 6.20 Å². The molecule has 0 spiro atoms. The van der Waals surface area contributed by atoms with Gasteiger partial charge in [-0.15, -0.1) is 0 Å². The van der Waals surface area contributed by atoms with Crippen molar-refractivity contribution < 1.29 is 4.79 Å². The summed E-state index contributed by atoms with van der Waals surface area (Å²) in [7, 11) is 0. The minimum atomic E-state index is 0.157. The molecule has 6 nitrogen and oxygen atoms in total. The van der Waals surface area contributed by atoms with E-state index in [1.165, 1.54) is 38.5 Å². The Morgan fingerprint density at radius 2 is 1.59 bits per heavy atom. The highest BCUT2D eigenvalue weighted by atomic mass is 16.1. The lowest BCUT2D eigenvalue weighted by Crippen LogP contribution is -2.44. The van der Waals surface area contributed by atoms with Gasteiger partial charge in [-0.2, -0.15) is 0 Å². The predicted molar refractivity (Wildman–Crippen MR) is 108 cm³/mol. The second-order valence-corrected chi connectivity index (χ2v) is 8.38. The molecule has 2 aliphatic heterocycles. The van der Waals surface area contributed by atoms with Gasteiger partial charge in [0.2, 0.25) is 5.91 Å². The number of carbonyl (C=O) groups excluding carboxylic acids is 1. The first-order valence-electron chi connectivity index (χ1n) is 10.9. The summed E-state index contributed by atoms with van der Waals surface area (Å²) in [6.07, 6.45) is 15.4. The number of hydrogen-bond donors (Lipinski definition) is 1. The zero-order chi connectivity index (χ0) is 18.5. The van der Waals surface area contributed by atoms with Crippen molar-refractivity contribution in [2.24, 2.45) is 5.92 Å². The molecule has 3 heterocycles. The summed E-state index contributed by atoms with van der Waals surface area (Å²) >= 11 is 0. The average Bonchev–Trinajstić information content (AvgIpc) is 3.13. The van der Waals surface area contributed by atoms with Gasteiger partial charge >= 0.3 is 0 Å². The Labute approximate surface area is 162 Å². The van der Waals surface area contributed by atoms with Crippen LogP contribution in [0.1, 0.15) is 64.2 Å². The third-order valence-corrected chi connectivity index (χ3v) is 6.49. The summed E-state index contributed by atoms with van der Waals surface area (Å²) < 4.78 is 0. The van der Waals surface area contributed by atoms with E-state index < -0.39 is 0 Å². The van der Waals surface area contributed by atoms with Crippen molar-refractivity contribution in [1.29, 1.82) is 0 Å². The van der Waals surface area contributed by atoms with Gasteiger partial charge in [-0.1, -0.05) is 25.7 Å². The fourth-order valence-corrected chi connectivity index (χ4v) is 4.84. The summed E-state index contributed by atoms with van der Waals surface area (Å²) in [6.45, 7) is 4.00. The van der Waals surface area contributed by atoms with Gasteiger partial charge in [0.05, 0.1) is 11.9 Å². The van der Waals surface area contributed by atoms with Crippen LogP contribution in [0.2, 0.25) is 0 Å². The van der Waals surface area contributed by atoms with Crippen LogP contribution >= 0.6 is 0 Å². The fraction of sp³-hybridized carbons (Fsp3) is 0.762. The molecular formula is C21H33N5O. The van der Waals surface area contributed by atoms with Crippen molar-refractivity contribution in [1.82, 2.24) is 15.3 Å². The quantitative estimate of drug-likeness (QED) is 0.824. The lowest BCUT2D eigenvalue weighted by molar-refractivity contribution is -0.126. The first-order chi connectivity index (χ1) is 13.3. The van der Waals surface area contributed by atoms with Crippen LogP contribution in [0.3, 0.4) is 0 Å². The number of aromatic nitrogens is 2. The molecule has 3 aliphatic rings. The topological polar surface area (TPSA) is 61.4 Å². The average molecular weight is 372 g/mol. The molecule has 0 radical (unpaired) electrons. The van der Waals surface area contributed by atoms with Crippen molar-refractivity contribution in [3.05, 3.63) is 12.5 Å². The highest BCUT2D eigenvalue weighted by molar-refractivity contribution is 5.79. The van der Waals surface area contributed by atoms with E-state index in [9.17, 15) is 4.79 Å². The van der Waals surface area contributed by atoms with Crippen LogP contribution in [0.5, 0.6) is 0 Å². The lowest BCUT2D eigenvalue weighted by Gasteiger charge is -2.35. The Hall–Kier alpha value is -1.85. The van der Waals surface area contributed by atoms with Crippen molar-refractivity contribution >= 4 is 17.4 Å². The van der Waals surface area contributed by atoms with Gasteiger partial charge in [0.15, 0.2) is 5.82 Å². The molecule has 6 heteroatoms. The summed E-state index contributed by atoms with van der Waals surface area (Å²) in [4.78, 5) is 26.3. The molecule has 1 aromatic heterocycles. The minimum Gasteiger partial charge on any atom is -0.367 e. The molecule has 1 amide bonds. The van der Waals surface area contributed by atoms with Gasteiger partial charge in [0.25, 0.3) is 0 Å².